The number of carbonyl (C=O) groups is 1. The van der Waals surface area contributed by atoms with Gasteiger partial charge in [0.2, 0.25) is 0 Å². The summed E-state index contributed by atoms with van der Waals surface area (Å²) in [6, 6.07) is 9.92. The predicted molar refractivity (Wildman–Crippen MR) is 109 cm³/mol. The molecule has 150 valence electrons. The van der Waals surface area contributed by atoms with Crippen LogP contribution in [0.15, 0.2) is 30.3 Å². The predicted octanol–water partition coefficient (Wildman–Crippen LogP) is 4.37. The van der Waals surface area contributed by atoms with Crippen LogP contribution in [0.4, 0.5) is 0 Å². The Morgan fingerprint density at radius 1 is 1.07 bits per heavy atom. The molecule has 3 rings (SSSR count). The summed E-state index contributed by atoms with van der Waals surface area (Å²) in [6.07, 6.45) is 1.88. The Morgan fingerprint density at radius 2 is 1.79 bits per heavy atom. The fourth-order valence-corrected chi connectivity index (χ4v) is 4.09. The van der Waals surface area contributed by atoms with Gasteiger partial charge in [-0.1, -0.05) is 17.7 Å². The number of amides is 1. The first-order valence-electron chi connectivity index (χ1n) is 9.66. The van der Waals surface area contributed by atoms with Crippen LogP contribution in [0, 0.1) is 20.8 Å². The average Bonchev–Trinajstić information content (AvgIpc) is 3.16. The van der Waals surface area contributed by atoms with Crippen molar-refractivity contribution >= 4 is 5.91 Å². The quantitative estimate of drug-likeness (QED) is 0.743. The van der Waals surface area contributed by atoms with Crippen molar-refractivity contribution < 1.29 is 19.0 Å². The van der Waals surface area contributed by atoms with E-state index in [1.54, 1.807) is 14.2 Å². The molecule has 0 aromatic heterocycles. The number of hydrogen-bond donors (Lipinski definition) is 0. The zero-order valence-electron chi connectivity index (χ0n) is 17.4. The van der Waals surface area contributed by atoms with Crippen LogP contribution in [-0.4, -0.2) is 38.2 Å². The molecule has 1 heterocycles. The first-order chi connectivity index (χ1) is 13.4. The number of aryl methyl sites for hydroxylation is 3. The SMILES string of the molecule is COc1ccc([C@H]2CCCN2C(=O)COc2c(C)cc(C)cc2C)c(OC)c1. The summed E-state index contributed by atoms with van der Waals surface area (Å²) in [5.74, 6) is 2.29. The second kappa shape index (κ2) is 8.55. The van der Waals surface area contributed by atoms with Crippen LogP contribution in [0.3, 0.4) is 0 Å². The van der Waals surface area contributed by atoms with E-state index in [0.29, 0.717) is 0 Å². The second-order valence-corrected chi connectivity index (χ2v) is 7.37. The minimum absolute atomic E-state index is 0.000235. The Hall–Kier alpha value is -2.69. The van der Waals surface area contributed by atoms with Crippen molar-refractivity contribution in [2.24, 2.45) is 0 Å². The van der Waals surface area contributed by atoms with Crippen LogP contribution < -0.4 is 14.2 Å². The lowest BCUT2D eigenvalue weighted by Gasteiger charge is -2.27. The lowest BCUT2D eigenvalue weighted by atomic mass is 10.0. The first kappa shape index (κ1) is 20.1. The summed E-state index contributed by atoms with van der Waals surface area (Å²) in [7, 11) is 3.28. The smallest absolute Gasteiger partial charge is 0.261 e. The number of benzene rings is 2. The van der Waals surface area contributed by atoms with Gasteiger partial charge < -0.3 is 19.1 Å². The highest BCUT2D eigenvalue weighted by molar-refractivity contribution is 5.79. The van der Waals surface area contributed by atoms with Crippen LogP contribution >= 0.6 is 0 Å². The summed E-state index contributed by atoms with van der Waals surface area (Å²) in [4.78, 5) is 14.9. The number of ether oxygens (including phenoxy) is 3. The minimum atomic E-state index is -0.00262. The molecule has 1 saturated heterocycles. The molecule has 0 N–H and O–H groups in total. The molecule has 0 bridgehead atoms. The Balaban J connectivity index is 1.75. The largest absolute Gasteiger partial charge is 0.497 e. The molecule has 0 unspecified atom stereocenters. The molecule has 0 aliphatic carbocycles. The molecular formula is C23H29NO4. The highest BCUT2D eigenvalue weighted by atomic mass is 16.5. The number of methoxy groups -OCH3 is 2. The van der Waals surface area contributed by atoms with Crippen molar-refractivity contribution in [3.63, 3.8) is 0 Å². The van der Waals surface area contributed by atoms with Gasteiger partial charge in [0.1, 0.15) is 17.2 Å². The molecule has 1 aliphatic rings. The van der Waals surface area contributed by atoms with Crippen molar-refractivity contribution in [3.05, 3.63) is 52.6 Å². The maximum atomic E-state index is 13.0. The van der Waals surface area contributed by atoms with Gasteiger partial charge in [-0.2, -0.15) is 0 Å². The normalized spacial score (nSPS) is 16.2. The van der Waals surface area contributed by atoms with E-state index in [4.69, 9.17) is 14.2 Å². The van der Waals surface area contributed by atoms with E-state index < -0.39 is 0 Å². The van der Waals surface area contributed by atoms with Crippen LogP contribution in [0.2, 0.25) is 0 Å². The molecule has 1 atom stereocenters. The molecule has 5 heteroatoms. The van der Waals surface area contributed by atoms with E-state index in [1.807, 2.05) is 36.9 Å². The first-order valence-corrected chi connectivity index (χ1v) is 9.66. The maximum Gasteiger partial charge on any atom is 0.261 e. The van der Waals surface area contributed by atoms with Crippen LogP contribution in [0.1, 0.15) is 41.1 Å². The zero-order chi connectivity index (χ0) is 20.3. The lowest BCUT2D eigenvalue weighted by Crippen LogP contribution is -2.34. The summed E-state index contributed by atoms with van der Waals surface area (Å²) >= 11 is 0. The van der Waals surface area contributed by atoms with E-state index >= 15 is 0 Å². The van der Waals surface area contributed by atoms with E-state index in [0.717, 1.165) is 53.3 Å². The van der Waals surface area contributed by atoms with Crippen molar-refractivity contribution in [1.29, 1.82) is 0 Å². The molecule has 5 nitrogen and oxygen atoms in total. The average molecular weight is 383 g/mol. The number of nitrogens with zero attached hydrogens (tertiary/aromatic N) is 1. The van der Waals surface area contributed by atoms with E-state index in [9.17, 15) is 4.79 Å². The Morgan fingerprint density at radius 3 is 2.43 bits per heavy atom. The highest BCUT2D eigenvalue weighted by Gasteiger charge is 2.32. The zero-order valence-corrected chi connectivity index (χ0v) is 17.4. The maximum absolute atomic E-state index is 13.0. The number of hydrogen-bond acceptors (Lipinski definition) is 4. The fraction of sp³-hybridized carbons (Fsp3) is 0.435. The van der Waals surface area contributed by atoms with E-state index in [1.165, 1.54) is 5.56 Å². The number of carbonyl (C=O) groups excluding carboxylic acids is 1. The van der Waals surface area contributed by atoms with E-state index in [-0.39, 0.29) is 18.6 Å². The molecule has 1 aliphatic heterocycles. The Labute approximate surface area is 167 Å². The molecule has 2 aromatic carbocycles. The third-order valence-corrected chi connectivity index (χ3v) is 5.32. The van der Waals surface area contributed by atoms with Crippen LogP contribution in [-0.2, 0) is 4.79 Å². The molecular weight excluding hydrogens is 354 g/mol. The third kappa shape index (κ3) is 4.08. The second-order valence-electron chi connectivity index (χ2n) is 7.37. The molecule has 28 heavy (non-hydrogen) atoms. The van der Waals surface area contributed by atoms with Crippen molar-refractivity contribution in [1.82, 2.24) is 4.90 Å². The molecule has 1 amide bonds. The number of likely N-dealkylation sites (tertiary alicyclic amines) is 1. The number of rotatable bonds is 6. The van der Waals surface area contributed by atoms with Gasteiger partial charge in [-0.25, -0.2) is 0 Å². The lowest BCUT2D eigenvalue weighted by molar-refractivity contribution is -0.134. The van der Waals surface area contributed by atoms with E-state index in [2.05, 4.69) is 19.1 Å². The van der Waals surface area contributed by atoms with Gasteiger partial charge in [-0.15, -0.1) is 0 Å². The van der Waals surface area contributed by atoms with Gasteiger partial charge in [0.25, 0.3) is 5.91 Å². The summed E-state index contributed by atoms with van der Waals surface area (Å²) in [5.41, 5.74) is 4.32. The summed E-state index contributed by atoms with van der Waals surface area (Å²) < 4.78 is 16.8. The van der Waals surface area contributed by atoms with Gasteiger partial charge >= 0.3 is 0 Å². The van der Waals surface area contributed by atoms with Crippen molar-refractivity contribution in [3.8, 4) is 17.2 Å². The molecule has 0 radical (unpaired) electrons. The van der Waals surface area contributed by atoms with Gasteiger partial charge in [0.05, 0.1) is 20.3 Å². The van der Waals surface area contributed by atoms with Gasteiger partial charge in [0.15, 0.2) is 6.61 Å². The van der Waals surface area contributed by atoms with Gasteiger partial charge in [-0.3, -0.25) is 4.79 Å². The highest BCUT2D eigenvalue weighted by Crippen LogP contribution is 2.38. The minimum Gasteiger partial charge on any atom is -0.497 e. The molecule has 2 aromatic rings. The Kier molecular flexibility index (Phi) is 6.12. The summed E-state index contributed by atoms with van der Waals surface area (Å²) in [5, 5.41) is 0. The molecule has 1 fully saturated rings. The van der Waals surface area contributed by atoms with Crippen molar-refractivity contribution in [2.75, 3.05) is 27.4 Å². The molecule has 0 saturated carbocycles. The third-order valence-electron chi connectivity index (χ3n) is 5.32. The summed E-state index contributed by atoms with van der Waals surface area (Å²) in [6.45, 7) is 6.86. The van der Waals surface area contributed by atoms with Crippen molar-refractivity contribution in [2.45, 2.75) is 39.7 Å². The molecule has 0 spiro atoms. The monoisotopic (exact) mass is 383 g/mol. The van der Waals surface area contributed by atoms with Gasteiger partial charge in [-0.05, 0) is 56.9 Å². The van der Waals surface area contributed by atoms with Gasteiger partial charge in [0, 0.05) is 18.2 Å². The topological polar surface area (TPSA) is 48.0 Å². The van der Waals surface area contributed by atoms with Crippen LogP contribution in [0.5, 0.6) is 17.2 Å². The van der Waals surface area contributed by atoms with Crippen LogP contribution in [0.25, 0.3) is 0 Å². The Bertz CT molecular complexity index is 839. The fourth-order valence-electron chi connectivity index (χ4n) is 4.09. The standard InChI is InChI=1S/C23H29NO4/c1-15-11-16(2)23(17(3)12-15)28-14-22(25)24-10-6-7-20(24)19-9-8-18(26-4)13-21(19)27-5/h8-9,11-13,20H,6-7,10,14H2,1-5H3/t20-/m1/s1.